The molecule has 6 nitrogen and oxygen atoms in total. The summed E-state index contributed by atoms with van der Waals surface area (Å²) in [6.45, 7) is 2.18. The Morgan fingerprint density at radius 2 is 1.89 bits per heavy atom. The van der Waals surface area contributed by atoms with Crippen molar-refractivity contribution >= 4 is 22.4 Å². The van der Waals surface area contributed by atoms with Crippen LogP contribution in [0.4, 0.5) is 4.39 Å². The minimum atomic E-state index is -3.93. The molecule has 9 heteroatoms. The third kappa shape index (κ3) is 5.40. The van der Waals surface area contributed by atoms with Crippen LogP contribution in [0.5, 0.6) is 5.75 Å². The van der Waals surface area contributed by atoms with Gasteiger partial charge in [0.15, 0.2) is 0 Å². The van der Waals surface area contributed by atoms with Crippen LogP contribution >= 0.6 is 12.4 Å². The molecule has 1 heterocycles. The zero-order valence-electron chi connectivity index (χ0n) is 14.8. The zero-order chi connectivity index (χ0) is 18.6. The molecular formula is C18H22ClFN2O4S. The van der Waals surface area contributed by atoms with Crippen LogP contribution in [-0.2, 0) is 34.4 Å². The second-order valence-corrected chi connectivity index (χ2v) is 7.70. The first-order valence-corrected chi connectivity index (χ1v) is 9.70. The molecule has 2 N–H and O–H groups in total. The van der Waals surface area contributed by atoms with Gasteiger partial charge in [-0.2, -0.15) is 0 Å². The van der Waals surface area contributed by atoms with Crippen molar-refractivity contribution in [1.29, 1.82) is 0 Å². The number of benzene rings is 2. The van der Waals surface area contributed by atoms with E-state index in [0.717, 1.165) is 36.3 Å². The van der Waals surface area contributed by atoms with Crippen molar-refractivity contribution in [1.82, 2.24) is 10.0 Å². The fraction of sp³-hybridized carbons (Fsp3) is 0.333. The average molecular weight is 417 g/mol. The Kier molecular flexibility index (Phi) is 7.58. The van der Waals surface area contributed by atoms with E-state index in [1.54, 1.807) is 0 Å². The summed E-state index contributed by atoms with van der Waals surface area (Å²) in [7, 11) is -2.42. The van der Waals surface area contributed by atoms with Crippen molar-refractivity contribution in [2.75, 3.05) is 20.3 Å². The SMILES string of the molecule is COCCOc1ccc(F)cc1S(=O)(=O)NCc1ccc2c(c1)CNC2.Cl. The maximum atomic E-state index is 13.6. The highest BCUT2D eigenvalue weighted by Crippen LogP contribution is 2.25. The molecule has 0 aromatic heterocycles. The first-order valence-electron chi connectivity index (χ1n) is 8.22. The summed E-state index contributed by atoms with van der Waals surface area (Å²) in [5, 5.41) is 3.24. The highest BCUT2D eigenvalue weighted by atomic mass is 35.5. The second-order valence-electron chi connectivity index (χ2n) is 5.96. The molecule has 0 aliphatic carbocycles. The molecule has 0 amide bonds. The van der Waals surface area contributed by atoms with Crippen molar-refractivity contribution in [2.45, 2.75) is 24.5 Å². The number of ether oxygens (including phenoxy) is 2. The van der Waals surface area contributed by atoms with Gasteiger partial charge in [0.05, 0.1) is 6.61 Å². The van der Waals surface area contributed by atoms with Crippen LogP contribution in [0.2, 0.25) is 0 Å². The lowest BCUT2D eigenvalue weighted by Gasteiger charge is -2.13. The van der Waals surface area contributed by atoms with E-state index in [2.05, 4.69) is 10.0 Å². The first kappa shape index (κ1) is 21.6. The standard InChI is InChI=1S/C18H21FN2O4S.ClH/c1-24-6-7-25-17-5-4-16(19)9-18(17)26(22,23)21-10-13-2-3-14-11-20-12-15(14)8-13;/h2-5,8-9,20-21H,6-7,10-12H2,1H3;1H. The van der Waals surface area contributed by atoms with Gasteiger partial charge in [-0.3, -0.25) is 0 Å². The van der Waals surface area contributed by atoms with Crippen LogP contribution in [0.15, 0.2) is 41.3 Å². The largest absolute Gasteiger partial charge is 0.490 e. The van der Waals surface area contributed by atoms with E-state index in [0.29, 0.717) is 6.61 Å². The fourth-order valence-electron chi connectivity index (χ4n) is 2.76. The normalized spacial score (nSPS) is 13.1. The highest BCUT2D eigenvalue weighted by molar-refractivity contribution is 7.89. The Balaban J connectivity index is 0.00000261. The number of fused-ring (bicyclic) bond motifs is 1. The topological polar surface area (TPSA) is 76.7 Å². The molecule has 0 radical (unpaired) electrons. The highest BCUT2D eigenvalue weighted by Gasteiger charge is 2.21. The number of rotatable bonds is 8. The van der Waals surface area contributed by atoms with E-state index in [1.807, 2.05) is 18.2 Å². The summed E-state index contributed by atoms with van der Waals surface area (Å²) in [4.78, 5) is -0.226. The summed E-state index contributed by atoms with van der Waals surface area (Å²) in [5.74, 6) is -0.554. The van der Waals surface area contributed by atoms with Crippen molar-refractivity contribution in [2.24, 2.45) is 0 Å². The Morgan fingerprint density at radius 3 is 2.67 bits per heavy atom. The van der Waals surface area contributed by atoms with Crippen LogP contribution in [-0.4, -0.2) is 28.7 Å². The van der Waals surface area contributed by atoms with E-state index in [-0.39, 0.29) is 36.2 Å². The Hall–Kier alpha value is -1.71. The monoisotopic (exact) mass is 416 g/mol. The average Bonchev–Trinajstić information content (AvgIpc) is 3.09. The number of hydrogen-bond acceptors (Lipinski definition) is 5. The van der Waals surface area contributed by atoms with Crippen molar-refractivity contribution in [3.63, 3.8) is 0 Å². The second kappa shape index (κ2) is 9.48. The number of hydrogen-bond donors (Lipinski definition) is 2. The number of halogens is 2. The van der Waals surface area contributed by atoms with Gasteiger partial charge >= 0.3 is 0 Å². The van der Waals surface area contributed by atoms with Crippen LogP contribution in [0.1, 0.15) is 16.7 Å². The number of nitrogens with one attached hydrogen (secondary N) is 2. The summed E-state index contributed by atoms with van der Waals surface area (Å²) in [6.07, 6.45) is 0. The maximum Gasteiger partial charge on any atom is 0.244 e. The lowest BCUT2D eigenvalue weighted by molar-refractivity contribution is 0.144. The molecule has 0 fully saturated rings. The number of sulfonamides is 1. The molecule has 1 aliphatic rings. The van der Waals surface area contributed by atoms with Gasteiger partial charge in [-0.05, 0) is 34.9 Å². The molecule has 0 saturated heterocycles. The van der Waals surface area contributed by atoms with E-state index < -0.39 is 15.8 Å². The molecular weight excluding hydrogens is 395 g/mol. The van der Waals surface area contributed by atoms with Gasteiger partial charge in [0.25, 0.3) is 0 Å². The fourth-order valence-corrected chi connectivity index (χ4v) is 3.93. The molecule has 27 heavy (non-hydrogen) atoms. The Labute approximate surface area is 164 Å². The van der Waals surface area contributed by atoms with Gasteiger partial charge < -0.3 is 14.8 Å². The van der Waals surface area contributed by atoms with Gasteiger partial charge in [-0.1, -0.05) is 18.2 Å². The summed E-state index contributed by atoms with van der Waals surface area (Å²) < 4.78 is 51.7. The maximum absolute atomic E-state index is 13.6. The Bertz CT molecular complexity index is 893. The molecule has 3 rings (SSSR count). The van der Waals surface area contributed by atoms with Crippen LogP contribution in [0, 0.1) is 5.82 Å². The molecule has 148 valence electrons. The van der Waals surface area contributed by atoms with Gasteiger partial charge in [0.1, 0.15) is 23.1 Å². The number of methoxy groups -OCH3 is 1. The molecule has 0 bridgehead atoms. The molecule has 0 unspecified atom stereocenters. The third-order valence-corrected chi connectivity index (χ3v) is 5.53. The minimum Gasteiger partial charge on any atom is -0.490 e. The summed E-state index contributed by atoms with van der Waals surface area (Å²) >= 11 is 0. The minimum absolute atomic E-state index is 0. The van der Waals surface area contributed by atoms with Gasteiger partial charge in [0.2, 0.25) is 10.0 Å². The van der Waals surface area contributed by atoms with E-state index >= 15 is 0 Å². The Morgan fingerprint density at radius 1 is 1.11 bits per heavy atom. The van der Waals surface area contributed by atoms with Crippen LogP contribution in [0.3, 0.4) is 0 Å². The lowest BCUT2D eigenvalue weighted by atomic mass is 10.1. The van der Waals surface area contributed by atoms with Crippen LogP contribution in [0.25, 0.3) is 0 Å². The summed E-state index contributed by atoms with van der Waals surface area (Å²) in [6, 6.07) is 9.27. The lowest BCUT2D eigenvalue weighted by Crippen LogP contribution is -2.24. The van der Waals surface area contributed by atoms with E-state index in [4.69, 9.17) is 9.47 Å². The van der Waals surface area contributed by atoms with Gasteiger partial charge in [-0.25, -0.2) is 17.5 Å². The van der Waals surface area contributed by atoms with Crippen molar-refractivity contribution in [3.05, 3.63) is 58.9 Å². The first-order chi connectivity index (χ1) is 12.5. The summed E-state index contributed by atoms with van der Waals surface area (Å²) in [5.41, 5.74) is 3.22. The van der Waals surface area contributed by atoms with Crippen molar-refractivity contribution < 1.29 is 22.3 Å². The van der Waals surface area contributed by atoms with Crippen LogP contribution < -0.4 is 14.8 Å². The molecule has 0 atom stereocenters. The van der Waals surface area contributed by atoms with Gasteiger partial charge in [-0.15, -0.1) is 12.4 Å². The van der Waals surface area contributed by atoms with E-state index in [9.17, 15) is 12.8 Å². The molecule has 1 aliphatic heterocycles. The molecule has 0 saturated carbocycles. The van der Waals surface area contributed by atoms with Crippen molar-refractivity contribution in [3.8, 4) is 5.75 Å². The molecule has 2 aromatic rings. The molecule has 0 spiro atoms. The third-order valence-electron chi connectivity index (χ3n) is 4.11. The van der Waals surface area contributed by atoms with Gasteiger partial charge in [0, 0.05) is 26.7 Å². The zero-order valence-corrected chi connectivity index (χ0v) is 16.5. The smallest absolute Gasteiger partial charge is 0.244 e. The predicted octanol–water partition coefficient (Wildman–Crippen LogP) is 2.35. The predicted molar refractivity (Wildman–Crippen MR) is 102 cm³/mol. The quantitative estimate of drug-likeness (QED) is 0.646. The van der Waals surface area contributed by atoms with E-state index in [1.165, 1.54) is 18.7 Å². The molecule has 2 aromatic carbocycles.